The molecule has 1 unspecified atom stereocenters. The van der Waals surface area contributed by atoms with Crippen molar-refractivity contribution in [3.05, 3.63) is 35.5 Å². The first-order chi connectivity index (χ1) is 10.2. The predicted octanol–water partition coefficient (Wildman–Crippen LogP) is 1.46. The molecule has 0 radical (unpaired) electrons. The van der Waals surface area contributed by atoms with Gasteiger partial charge in [0.15, 0.2) is 5.76 Å². The van der Waals surface area contributed by atoms with Crippen molar-refractivity contribution < 1.29 is 9.32 Å². The Morgan fingerprint density at radius 3 is 3.14 bits per heavy atom. The highest BCUT2D eigenvalue weighted by atomic mass is 35.5. The fraction of sp³-hybridized carbons (Fsp3) is 0.500. The molecule has 0 spiro atoms. The van der Waals surface area contributed by atoms with Gasteiger partial charge in [-0.05, 0) is 32.4 Å². The number of aryl methyl sites for hydroxylation is 1. The van der Waals surface area contributed by atoms with Crippen LogP contribution in [0.5, 0.6) is 0 Å². The van der Waals surface area contributed by atoms with Crippen LogP contribution in [0.2, 0.25) is 0 Å². The molecule has 0 aromatic carbocycles. The Hall–Kier alpha value is -1.86. The minimum Gasteiger partial charge on any atom is -0.359 e. The molecule has 1 amide bonds. The van der Waals surface area contributed by atoms with E-state index >= 15 is 0 Å². The molecular weight excluding hydrogens is 306 g/mol. The van der Waals surface area contributed by atoms with Crippen LogP contribution in [-0.4, -0.2) is 33.9 Å². The maximum atomic E-state index is 12.1. The van der Waals surface area contributed by atoms with Gasteiger partial charge in [-0.15, -0.1) is 12.4 Å². The number of amides is 1. The van der Waals surface area contributed by atoms with Gasteiger partial charge in [0, 0.05) is 18.8 Å². The largest absolute Gasteiger partial charge is 0.359 e. The molecule has 0 aliphatic carbocycles. The van der Waals surface area contributed by atoms with Crippen LogP contribution < -0.4 is 10.6 Å². The Morgan fingerprint density at radius 1 is 1.59 bits per heavy atom. The van der Waals surface area contributed by atoms with Crippen LogP contribution in [0.15, 0.2) is 22.9 Å². The molecule has 1 fully saturated rings. The number of rotatable bonds is 4. The summed E-state index contributed by atoms with van der Waals surface area (Å²) in [6.07, 6.45) is 4.09. The van der Waals surface area contributed by atoms with Crippen molar-refractivity contribution in [1.29, 1.82) is 0 Å². The molecule has 7 nitrogen and oxygen atoms in total. The molecule has 3 rings (SSSR count). The first-order valence-corrected chi connectivity index (χ1v) is 7.18. The Labute approximate surface area is 134 Å². The molecule has 2 aromatic heterocycles. The number of hydrogen-bond acceptors (Lipinski definition) is 5. The number of nitrogens with one attached hydrogen (secondary N) is 2. The van der Waals surface area contributed by atoms with E-state index in [1.165, 1.54) is 0 Å². The predicted molar refractivity (Wildman–Crippen MR) is 83.0 cm³/mol. The van der Waals surface area contributed by atoms with Gasteiger partial charge in [-0.1, -0.05) is 5.16 Å². The maximum absolute atomic E-state index is 12.1. The minimum absolute atomic E-state index is 0. The number of hydrogen-bond donors (Lipinski definition) is 2. The third-order valence-electron chi connectivity index (χ3n) is 3.59. The van der Waals surface area contributed by atoms with Gasteiger partial charge in [0.05, 0.1) is 18.3 Å². The SMILES string of the molecule is Cc1cc(CNC(=O)c2ccn(C3CCCNC3)n2)on1.Cl. The zero-order valence-electron chi connectivity index (χ0n) is 12.4. The van der Waals surface area contributed by atoms with Crippen molar-refractivity contribution >= 4 is 18.3 Å². The fourth-order valence-corrected chi connectivity index (χ4v) is 2.48. The summed E-state index contributed by atoms with van der Waals surface area (Å²) in [4.78, 5) is 12.1. The molecule has 22 heavy (non-hydrogen) atoms. The van der Waals surface area contributed by atoms with Crippen molar-refractivity contribution in [2.45, 2.75) is 32.4 Å². The van der Waals surface area contributed by atoms with Gasteiger partial charge in [0.2, 0.25) is 0 Å². The molecule has 1 aliphatic rings. The summed E-state index contributed by atoms with van der Waals surface area (Å²) >= 11 is 0. The second-order valence-electron chi connectivity index (χ2n) is 5.30. The molecule has 2 aromatic rings. The topological polar surface area (TPSA) is 85.0 Å². The third kappa shape index (κ3) is 3.86. The van der Waals surface area contributed by atoms with E-state index in [2.05, 4.69) is 20.9 Å². The van der Waals surface area contributed by atoms with Crippen LogP contribution >= 0.6 is 12.4 Å². The Balaban J connectivity index is 0.00000176. The molecule has 1 atom stereocenters. The molecule has 1 saturated heterocycles. The van der Waals surface area contributed by atoms with Crippen LogP contribution in [-0.2, 0) is 6.54 Å². The van der Waals surface area contributed by atoms with Gasteiger partial charge in [-0.2, -0.15) is 5.10 Å². The van der Waals surface area contributed by atoms with Crippen LogP contribution in [0.3, 0.4) is 0 Å². The lowest BCUT2D eigenvalue weighted by Gasteiger charge is -2.22. The van der Waals surface area contributed by atoms with Gasteiger partial charge in [0.25, 0.3) is 5.91 Å². The lowest BCUT2D eigenvalue weighted by atomic mass is 10.1. The van der Waals surface area contributed by atoms with Crippen LogP contribution in [0, 0.1) is 6.92 Å². The van der Waals surface area contributed by atoms with Gasteiger partial charge < -0.3 is 15.2 Å². The number of nitrogens with zero attached hydrogens (tertiary/aromatic N) is 3. The summed E-state index contributed by atoms with van der Waals surface area (Å²) in [6.45, 7) is 4.12. The van der Waals surface area contributed by atoms with Gasteiger partial charge in [0.1, 0.15) is 5.69 Å². The monoisotopic (exact) mass is 325 g/mol. The summed E-state index contributed by atoms with van der Waals surface area (Å²) in [5.41, 5.74) is 1.23. The van der Waals surface area contributed by atoms with E-state index < -0.39 is 0 Å². The van der Waals surface area contributed by atoms with E-state index in [4.69, 9.17) is 4.52 Å². The van der Waals surface area contributed by atoms with E-state index in [0.717, 1.165) is 31.6 Å². The maximum Gasteiger partial charge on any atom is 0.272 e. The number of aromatic nitrogens is 3. The summed E-state index contributed by atoms with van der Waals surface area (Å²) in [6, 6.07) is 3.87. The normalized spacial score (nSPS) is 17.8. The third-order valence-corrected chi connectivity index (χ3v) is 3.59. The first kappa shape index (κ1) is 16.5. The van der Waals surface area contributed by atoms with Crippen LogP contribution in [0.1, 0.15) is 40.8 Å². The number of carbonyl (C=O) groups is 1. The van der Waals surface area contributed by atoms with Gasteiger partial charge in [-0.3, -0.25) is 9.48 Å². The van der Waals surface area contributed by atoms with Crippen molar-refractivity contribution in [3.63, 3.8) is 0 Å². The van der Waals surface area contributed by atoms with Crippen LogP contribution in [0.25, 0.3) is 0 Å². The van der Waals surface area contributed by atoms with Gasteiger partial charge in [-0.25, -0.2) is 0 Å². The Morgan fingerprint density at radius 2 is 2.45 bits per heavy atom. The quantitative estimate of drug-likeness (QED) is 0.889. The number of halogens is 1. The average Bonchev–Trinajstić information content (AvgIpc) is 3.15. The highest BCUT2D eigenvalue weighted by molar-refractivity contribution is 5.92. The fourth-order valence-electron chi connectivity index (χ4n) is 2.48. The second kappa shape index (κ2) is 7.42. The molecule has 2 N–H and O–H groups in total. The molecule has 0 bridgehead atoms. The van der Waals surface area contributed by atoms with Crippen molar-refractivity contribution in [3.8, 4) is 0 Å². The van der Waals surface area contributed by atoms with Crippen molar-refractivity contribution in [2.75, 3.05) is 13.1 Å². The summed E-state index contributed by atoms with van der Waals surface area (Å²) in [5.74, 6) is 0.434. The molecule has 8 heteroatoms. The zero-order chi connectivity index (χ0) is 14.7. The molecule has 120 valence electrons. The highest BCUT2D eigenvalue weighted by Crippen LogP contribution is 2.15. The van der Waals surface area contributed by atoms with E-state index in [1.807, 2.05) is 17.8 Å². The smallest absolute Gasteiger partial charge is 0.272 e. The summed E-state index contributed by atoms with van der Waals surface area (Å²) in [7, 11) is 0. The standard InChI is InChI=1S/C14H19N5O2.ClH/c1-10-7-12(21-18-10)9-16-14(20)13-4-6-19(17-13)11-3-2-5-15-8-11;/h4,6-7,11,15H,2-3,5,8-9H2,1H3,(H,16,20);1H. The highest BCUT2D eigenvalue weighted by Gasteiger charge is 2.17. The summed E-state index contributed by atoms with van der Waals surface area (Å²) < 4.78 is 6.93. The number of carbonyl (C=O) groups excluding carboxylic acids is 1. The van der Waals surface area contributed by atoms with Crippen molar-refractivity contribution in [1.82, 2.24) is 25.6 Å². The van der Waals surface area contributed by atoms with E-state index in [9.17, 15) is 4.79 Å². The van der Waals surface area contributed by atoms with E-state index in [-0.39, 0.29) is 18.3 Å². The lowest BCUT2D eigenvalue weighted by Crippen LogP contribution is -2.32. The van der Waals surface area contributed by atoms with Crippen molar-refractivity contribution in [2.24, 2.45) is 0 Å². The Bertz CT molecular complexity index is 618. The molecular formula is C14H20ClN5O2. The average molecular weight is 326 g/mol. The zero-order valence-corrected chi connectivity index (χ0v) is 13.2. The van der Waals surface area contributed by atoms with E-state index in [1.54, 1.807) is 12.1 Å². The number of piperidine rings is 1. The molecule has 0 saturated carbocycles. The first-order valence-electron chi connectivity index (χ1n) is 7.18. The van der Waals surface area contributed by atoms with E-state index in [0.29, 0.717) is 24.0 Å². The Kier molecular flexibility index (Phi) is 5.57. The second-order valence-corrected chi connectivity index (χ2v) is 5.30. The minimum atomic E-state index is -0.202. The molecule has 3 heterocycles. The lowest BCUT2D eigenvalue weighted by molar-refractivity contribution is 0.0940. The van der Waals surface area contributed by atoms with Crippen LogP contribution in [0.4, 0.5) is 0 Å². The van der Waals surface area contributed by atoms with Gasteiger partial charge >= 0.3 is 0 Å². The molecule has 1 aliphatic heterocycles. The summed E-state index contributed by atoms with van der Waals surface area (Å²) in [5, 5.41) is 14.3.